The van der Waals surface area contributed by atoms with E-state index in [-0.39, 0.29) is 16.7 Å². The SMILES string of the molecule is C[C@H](CNC(=O)c1ccc(S(N)(=O)=O)cc1)Cn1ccc2ccccc21. The molecule has 0 unspecified atom stereocenters. The maximum absolute atomic E-state index is 12.2. The van der Waals surface area contributed by atoms with Crippen LogP contribution in [-0.4, -0.2) is 25.4 Å². The lowest BCUT2D eigenvalue weighted by Crippen LogP contribution is -2.30. The van der Waals surface area contributed by atoms with Crippen molar-refractivity contribution in [1.82, 2.24) is 9.88 Å². The van der Waals surface area contributed by atoms with E-state index in [1.807, 2.05) is 12.1 Å². The van der Waals surface area contributed by atoms with Gasteiger partial charge in [0.15, 0.2) is 0 Å². The van der Waals surface area contributed by atoms with E-state index in [2.05, 4.69) is 41.2 Å². The van der Waals surface area contributed by atoms with Crippen LogP contribution in [0.25, 0.3) is 10.9 Å². The number of primary sulfonamides is 1. The molecule has 0 radical (unpaired) electrons. The molecule has 0 aliphatic rings. The van der Waals surface area contributed by atoms with Gasteiger partial charge in [0, 0.05) is 30.4 Å². The summed E-state index contributed by atoms with van der Waals surface area (Å²) in [7, 11) is -3.75. The van der Waals surface area contributed by atoms with E-state index in [1.165, 1.54) is 35.2 Å². The topological polar surface area (TPSA) is 94.2 Å². The van der Waals surface area contributed by atoms with Crippen molar-refractivity contribution in [3.8, 4) is 0 Å². The summed E-state index contributed by atoms with van der Waals surface area (Å²) < 4.78 is 24.7. The Bertz CT molecular complexity index is 1020. The van der Waals surface area contributed by atoms with Gasteiger partial charge in [-0.1, -0.05) is 25.1 Å². The fourth-order valence-electron chi connectivity index (χ4n) is 2.87. The molecule has 0 fully saturated rings. The first kappa shape index (κ1) is 18.2. The van der Waals surface area contributed by atoms with E-state index in [0.29, 0.717) is 12.1 Å². The summed E-state index contributed by atoms with van der Waals surface area (Å²) >= 11 is 0. The highest BCUT2D eigenvalue weighted by molar-refractivity contribution is 7.89. The van der Waals surface area contributed by atoms with Crippen molar-refractivity contribution < 1.29 is 13.2 Å². The lowest BCUT2D eigenvalue weighted by molar-refractivity contribution is 0.0947. The first-order valence-electron chi connectivity index (χ1n) is 8.29. The number of sulfonamides is 1. The largest absolute Gasteiger partial charge is 0.352 e. The van der Waals surface area contributed by atoms with Crippen molar-refractivity contribution in [2.75, 3.05) is 6.54 Å². The van der Waals surface area contributed by atoms with Crippen LogP contribution < -0.4 is 10.5 Å². The van der Waals surface area contributed by atoms with Crippen LogP contribution in [0.4, 0.5) is 0 Å². The molecule has 6 nitrogen and oxygen atoms in total. The number of amides is 1. The van der Waals surface area contributed by atoms with Crippen LogP contribution in [0.2, 0.25) is 0 Å². The van der Waals surface area contributed by atoms with Crippen LogP contribution in [0.5, 0.6) is 0 Å². The minimum Gasteiger partial charge on any atom is -0.352 e. The Labute approximate surface area is 152 Å². The van der Waals surface area contributed by atoms with Crippen molar-refractivity contribution in [3.05, 3.63) is 66.4 Å². The highest BCUT2D eigenvalue weighted by Crippen LogP contribution is 2.16. The van der Waals surface area contributed by atoms with E-state index in [1.54, 1.807) is 0 Å². The van der Waals surface area contributed by atoms with Crippen LogP contribution in [0.3, 0.4) is 0 Å². The van der Waals surface area contributed by atoms with Gasteiger partial charge >= 0.3 is 0 Å². The second kappa shape index (κ2) is 7.31. The van der Waals surface area contributed by atoms with Crippen LogP contribution in [0.1, 0.15) is 17.3 Å². The number of hydrogen-bond donors (Lipinski definition) is 2. The number of nitrogens with zero attached hydrogens (tertiary/aromatic N) is 1. The number of fused-ring (bicyclic) bond motifs is 1. The zero-order chi connectivity index (χ0) is 18.7. The average molecular weight is 371 g/mol. The Morgan fingerprint density at radius 1 is 1.12 bits per heavy atom. The summed E-state index contributed by atoms with van der Waals surface area (Å²) in [6.07, 6.45) is 2.05. The predicted octanol–water partition coefficient (Wildman–Crippen LogP) is 2.35. The number of benzene rings is 2. The van der Waals surface area contributed by atoms with Gasteiger partial charge in [-0.25, -0.2) is 13.6 Å². The fraction of sp³-hybridized carbons (Fsp3) is 0.211. The molecule has 0 saturated heterocycles. The minimum absolute atomic E-state index is 0.0121. The summed E-state index contributed by atoms with van der Waals surface area (Å²) in [6, 6.07) is 15.8. The monoisotopic (exact) mass is 371 g/mol. The summed E-state index contributed by atoms with van der Waals surface area (Å²) in [5, 5.41) is 9.13. The highest BCUT2D eigenvalue weighted by Gasteiger charge is 2.12. The Morgan fingerprint density at radius 3 is 2.50 bits per heavy atom. The molecule has 2 aromatic carbocycles. The molecule has 1 aromatic heterocycles. The van der Waals surface area contributed by atoms with Crippen molar-refractivity contribution in [3.63, 3.8) is 0 Å². The molecule has 1 heterocycles. The Hall–Kier alpha value is -2.64. The molecular formula is C19H21N3O3S. The third-order valence-corrected chi connectivity index (χ3v) is 5.17. The maximum Gasteiger partial charge on any atom is 0.251 e. The normalized spacial score (nSPS) is 12.8. The maximum atomic E-state index is 12.2. The quantitative estimate of drug-likeness (QED) is 0.696. The molecular weight excluding hydrogens is 350 g/mol. The molecule has 136 valence electrons. The Morgan fingerprint density at radius 2 is 1.81 bits per heavy atom. The number of rotatable bonds is 6. The second-order valence-electron chi connectivity index (χ2n) is 6.41. The molecule has 3 rings (SSSR count). The number of hydrogen-bond acceptors (Lipinski definition) is 3. The van der Waals surface area contributed by atoms with Gasteiger partial charge < -0.3 is 9.88 Å². The van der Waals surface area contributed by atoms with E-state index >= 15 is 0 Å². The van der Waals surface area contributed by atoms with Gasteiger partial charge in [-0.2, -0.15) is 0 Å². The van der Waals surface area contributed by atoms with Gasteiger partial charge in [-0.05, 0) is 47.7 Å². The number of carbonyl (C=O) groups excluding carboxylic acids is 1. The third-order valence-electron chi connectivity index (χ3n) is 4.24. The number of aromatic nitrogens is 1. The van der Waals surface area contributed by atoms with Gasteiger partial charge in [0.2, 0.25) is 10.0 Å². The van der Waals surface area contributed by atoms with Gasteiger partial charge in [0.25, 0.3) is 5.91 Å². The second-order valence-corrected chi connectivity index (χ2v) is 7.97. The van der Waals surface area contributed by atoms with E-state index < -0.39 is 10.0 Å². The molecule has 0 saturated carbocycles. The van der Waals surface area contributed by atoms with Gasteiger partial charge in [0.1, 0.15) is 0 Å². The molecule has 1 atom stereocenters. The molecule has 1 amide bonds. The van der Waals surface area contributed by atoms with Crippen molar-refractivity contribution in [2.45, 2.75) is 18.4 Å². The Kier molecular flexibility index (Phi) is 5.11. The van der Waals surface area contributed by atoms with Crippen LogP contribution in [0.15, 0.2) is 65.7 Å². The van der Waals surface area contributed by atoms with Crippen LogP contribution in [0, 0.1) is 5.92 Å². The summed E-state index contributed by atoms with van der Waals surface area (Å²) in [4.78, 5) is 12.2. The number of para-hydroxylation sites is 1. The molecule has 3 aromatic rings. The smallest absolute Gasteiger partial charge is 0.251 e. The number of carbonyl (C=O) groups is 1. The molecule has 0 aliphatic heterocycles. The van der Waals surface area contributed by atoms with Crippen LogP contribution >= 0.6 is 0 Å². The average Bonchev–Trinajstić information content (AvgIpc) is 3.02. The molecule has 7 heteroatoms. The number of nitrogens with one attached hydrogen (secondary N) is 1. The molecule has 0 spiro atoms. The fourth-order valence-corrected chi connectivity index (χ4v) is 3.38. The van der Waals surface area contributed by atoms with Crippen molar-refractivity contribution >= 4 is 26.8 Å². The molecule has 0 aliphatic carbocycles. The Balaban J connectivity index is 1.58. The van der Waals surface area contributed by atoms with E-state index in [9.17, 15) is 13.2 Å². The van der Waals surface area contributed by atoms with Gasteiger partial charge in [0.05, 0.1) is 4.90 Å². The van der Waals surface area contributed by atoms with Crippen molar-refractivity contribution in [2.24, 2.45) is 11.1 Å². The van der Waals surface area contributed by atoms with E-state index in [4.69, 9.17) is 5.14 Å². The van der Waals surface area contributed by atoms with Gasteiger partial charge in [-0.15, -0.1) is 0 Å². The number of nitrogens with two attached hydrogens (primary N) is 1. The highest BCUT2D eigenvalue weighted by atomic mass is 32.2. The molecule has 0 bridgehead atoms. The zero-order valence-corrected chi connectivity index (χ0v) is 15.2. The zero-order valence-electron chi connectivity index (χ0n) is 14.4. The third kappa shape index (κ3) is 4.12. The predicted molar refractivity (Wildman–Crippen MR) is 101 cm³/mol. The van der Waals surface area contributed by atoms with E-state index in [0.717, 1.165) is 6.54 Å². The molecule has 26 heavy (non-hydrogen) atoms. The standard InChI is InChI=1S/C19H21N3O3S/c1-14(13-22-11-10-15-4-2-3-5-18(15)22)12-21-19(23)16-6-8-17(9-7-16)26(20,24)25/h2-11,14H,12-13H2,1H3,(H,21,23)(H2,20,24,25)/t14-/m1/s1. The first-order valence-corrected chi connectivity index (χ1v) is 9.84. The lowest BCUT2D eigenvalue weighted by atomic mass is 10.1. The minimum atomic E-state index is -3.75. The summed E-state index contributed by atoms with van der Waals surface area (Å²) in [5.41, 5.74) is 1.57. The van der Waals surface area contributed by atoms with Crippen molar-refractivity contribution in [1.29, 1.82) is 0 Å². The summed E-state index contributed by atoms with van der Waals surface area (Å²) in [6.45, 7) is 3.37. The lowest BCUT2D eigenvalue weighted by Gasteiger charge is -2.15. The summed E-state index contributed by atoms with van der Waals surface area (Å²) in [5.74, 6) is -0.00590. The molecule has 3 N–H and O–H groups in total. The first-order chi connectivity index (χ1) is 12.3. The van der Waals surface area contributed by atoms with Crippen LogP contribution in [-0.2, 0) is 16.6 Å². The van der Waals surface area contributed by atoms with Gasteiger partial charge in [-0.3, -0.25) is 4.79 Å².